The molecule has 0 saturated carbocycles. The Balaban J connectivity index is 3.28. The predicted molar refractivity (Wildman–Crippen MR) is 38.3 cm³/mol. The lowest BCUT2D eigenvalue weighted by Crippen LogP contribution is -2.33. The Morgan fingerprint density at radius 1 is 1.55 bits per heavy atom. The van der Waals surface area contributed by atoms with Crippen LogP contribution in [-0.2, 0) is 14.3 Å². The van der Waals surface area contributed by atoms with Crippen molar-refractivity contribution in [2.24, 2.45) is 0 Å². The molecule has 0 aromatic carbocycles. The molecule has 2 N–H and O–H groups in total. The number of hydrogen-bond acceptors (Lipinski definition) is 4. The Morgan fingerprint density at radius 2 is 2.09 bits per heavy atom. The Morgan fingerprint density at radius 3 is 2.45 bits per heavy atom. The van der Waals surface area contributed by atoms with Crippen LogP contribution in [0.2, 0.25) is 0 Å². The lowest BCUT2D eigenvalue weighted by molar-refractivity contribution is -0.136. The number of carbonyl (C=O) groups is 1. The van der Waals surface area contributed by atoms with Crippen LogP contribution in [0.4, 0.5) is 0 Å². The van der Waals surface area contributed by atoms with Gasteiger partial charge < -0.3 is 19.9 Å². The van der Waals surface area contributed by atoms with Crippen LogP contribution in [0.1, 0.15) is 0 Å². The predicted octanol–water partition coefficient (Wildman–Crippen LogP) is -0.720. The zero-order chi connectivity index (χ0) is 8.69. The van der Waals surface area contributed by atoms with Crippen LogP contribution in [-0.4, -0.2) is 44.7 Å². The zero-order valence-electron chi connectivity index (χ0n) is 6.66. The number of hydrogen-bond donors (Lipinski definition) is 2. The molecule has 0 fully saturated rings. The summed E-state index contributed by atoms with van der Waals surface area (Å²) in [6.07, 6.45) is -0.380. The van der Waals surface area contributed by atoms with Gasteiger partial charge in [0.15, 0.2) is 6.29 Å². The van der Waals surface area contributed by atoms with E-state index in [-0.39, 0.29) is 12.8 Å². The van der Waals surface area contributed by atoms with E-state index in [9.17, 15) is 4.79 Å². The molecular weight excluding hydrogens is 150 g/mol. The molecule has 0 atom stereocenters. The van der Waals surface area contributed by atoms with Gasteiger partial charge in [-0.3, -0.25) is 4.79 Å². The maximum atomic E-state index is 10.0. The minimum atomic E-state index is -0.893. The van der Waals surface area contributed by atoms with Crippen LogP contribution in [0, 0.1) is 0 Å². The van der Waals surface area contributed by atoms with Gasteiger partial charge in [-0.1, -0.05) is 0 Å². The van der Waals surface area contributed by atoms with Crippen molar-refractivity contribution >= 4 is 5.97 Å². The van der Waals surface area contributed by atoms with E-state index in [1.807, 2.05) is 0 Å². The summed E-state index contributed by atoms with van der Waals surface area (Å²) >= 11 is 0. The molecule has 0 amide bonds. The number of aliphatic carboxylic acids is 1. The molecule has 0 aromatic rings. The van der Waals surface area contributed by atoms with E-state index in [0.717, 1.165) is 0 Å². The first-order valence-electron chi connectivity index (χ1n) is 3.18. The molecule has 0 unspecified atom stereocenters. The van der Waals surface area contributed by atoms with Crippen LogP contribution in [0.3, 0.4) is 0 Å². The van der Waals surface area contributed by atoms with Gasteiger partial charge in [-0.15, -0.1) is 0 Å². The number of rotatable bonds is 6. The number of methoxy groups -OCH3 is 2. The Hall–Kier alpha value is -0.650. The third-order valence-corrected chi connectivity index (χ3v) is 1.11. The van der Waals surface area contributed by atoms with Gasteiger partial charge in [0.1, 0.15) is 0 Å². The maximum absolute atomic E-state index is 10.0. The standard InChI is InChI=1S/C6H13NO4/c1-10-6(11-2)4-7-3-5(8)9/h6-7H,3-4H2,1-2H3,(H,8,9). The Kier molecular flexibility index (Phi) is 5.73. The van der Waals surface area contributed by atoms with Gasteiger partial charge in [0, 0.05) is 20.8 Å². The summed E-state index contributed by atoms with van der Waals surface area (Å²) in [5.74, 6) is -0.893. The fourth-order valence-corrected chi connectivity index (χ4v) is 0.560. The van der Waals surface area contributed by atoms with Gasteiger partial charge in [-0.25, -0.2) is 0 Å². The molecule has 5 heteroatoms. The normalized spacial score (nSPS) is 10.5. The quantitative estimate of drug-likeness (QED) is 0.506. The third kappa shape index (κ3) is 5.78. The molecule has 5 nitrogen and oxygen atoms in total. The molecule has 0 rings (SSSR count). The van der Waals surface area contributed by atoms with E-state index in [1.54, 1.807) is 0 Å². The van der Waals surface area contributed by atoms with Crippen molar-refractivity contribution in [2.75, 3.05) is 27.3 Å². The third-order valence-electron chi connectivity index (χ3n) is 1.11. The van der Waals surface area contributed by atoms with Crippen molar-refractivity contribution in [2.45, 2.75) is 6.29 Å². The lowest BCUT2D eigenvalue weighted by atomic mass is 10.5. The second-order valence-electron chi connectivity index (χ2n) is 1.93. The first-order valence-corrected chi connectivity index (χ1v) is 3.18. The number of nitrogens with one attached hydrogen (secondary N) is 1. The van der Waals surface area contributed by atoms with Crippen LogP contribution in [0.15, 0.2) is 0 Å². The smallest absolute Gasteiger partial charge is 0.317 e. The molecule has 0 radical (unpaired) electrons. The molecule has 0 bridgehead atoms. The summed E-state index contributed by atoms with van der Waals surface area (Å²) < 4.78 is 9.61. The highest BCUT2D eigenvalue weighted by atomic mass is 16.7. The molecule has 0 heterocycles. The highest BCUT2D eigenvalue weighted by Crippen LogP contribution is 1.86. The average Bonchev–Trinajstić information content (AvgIpc) is 1.98. The monoisotopic (exact) mass is 163 g/mol. The highest BCUT2D eigenvalue weighted by molar-refractivity contribution is 5.68. The van der Waals surface area contributed by atoms with Crippen molar-refractivity contribution in [3.8, 4) is 0 Å². The summed E-state index contributed by atoms with van der Waals surface area (Å²) in [5.41, 5.74) is 0. The summed E-state index contributed by atoms with van der Waals surface area (Å²) in [5, 5.41) is 10.9. The Bertz CT molecular complexity index is 113. The van der Waals surface area contributed by atoms with Crippen molar-refractivity contribution in [3.63, 3.8) is 0 Å². The lowest BCUT2D eigenvalue weighted by Gasteiger charge is -2.12. The van der Waals surface area contributed by atoms with Crippen LogP contribution in [0.5, 0.6) is 0 Å². The van der Waals surface area contributed by atoms with E-state index >= 15 is 0 Å². The summed E-state index contributed by atoms with van der Waals surface area (Å²) in [6, 6.07) is 0. The second kappa shape index (κ2) is 6.09. The first kappa shape index (κ1) is 10.3. The molecule has 66 valence electrons. The number of ether oxygens (including phenoxy) is 2. The largest absolute Gasteiger partial charge is 0.480 e. The summed E-state index contributed by atoms with van der Waals surface area (Å²) in [6.45, 7) is 0.294. The second-order valence-corrected chi connectivity index (χ2v) is 1.93. The van der Waals surface area contributed by atoms with Crippen molar-refractivity contribution in [1.29, 1.82) is 0 Å². The topological polar surface area (TPSA) is 67.8 Å². The van der Waals surface area contributed by atoms with Crippen molar-refractivity contribution < 1.29 is 19.4 Å². The molecule has 0 spiro atoms. The van der Waals surface area contributed by atoms with Crippen LogP contribution < -0.4 is 5.32 Å². The number of carboxylic acids is 1. The summed E-state index contributed by atoms with van der Waals surface area (Å²) in [7, 11) is 2.99. The van der Waals surface area contributed by atoms with Crippen molar-refractivity contribution in [3.05, 3.63) is 0 Å². The van der Waals surface area contributed by atoms with Gasteiger partial charge in [0.25, 0.3) is 0 Å². The van der Waals surface area contributed by atoms with E-state index in [2.05, 4.69) is 5.32 Å². The molecule has 11 heavy (non-hydrogen) atoms. The molecule has 0 saturated heterocycles. The highest BCUT2D eigenvalue weighted by Gasteiger charge is 2.04. The van der Waals surface area contributed by atoms with E-state index < -0.39 is 5.97 Å². The Labute approximate surface area is 65.3 Å². The molecule has 0 aromatic heterocycles. The summed E-state index contributed by atoms with van der Waals surface area (Å²) in [4.78, 5) is 10.0. The first-order chi connectivity index (χ1) is 5.20. The maximum Gasteiger partial charge on any atom is 0.317 e. The SMILES string of the molecule is COC(CNCC(=O)O)OC. The fraction of sp³-hybridized carbons (Fsp3) is 0.833. The van der Waals surface area contributed by atoms with Crippen LogP contribution >= 0.6 is 0 Å². The van der Waals surface area contributed by atoms with Crippen molar-refractivity contribution in [1.82, 2.24) is 5.32 Å². The van der Waals surface area contributed by atoms with E-state index in [1.165, 1.54) is 14.2 Å². The minimum absolute atomic E-state index is 0.0801. The van der Waals surface area contributed by atoms with Gasteiger partial charge >= 0.3 is 5.97 Å². The minimum Gasteiger partial charge on any atom is -0.480 e. The van der Waals surface area contributed by atoms with E-state index in [0.29, 0.717) is 6.54 Å². The fourth-order valence-electron chi connectivity index (χ4n) is 0.560. The molecule has 0 aliphatic heterocycles. The van der Waals surface area contributed by atoms with Gasteiger partial charge in [-0.05, 0) is 0 Å². The average molecular weight is 163 g/mol. The number of carboxylic acid groups (broad SMARTS) is 1. The van der Waals surface area contributed by atoms with Gasteiger partial charge in [0.2, 0.25) is 0 Å². The van der Waals surface area contributed by atoms with Crippen LogP contribution in [0.25, 0.3) is 0 Å². The molecular formula is C6H13NO4. The van der Waals surface area contributed by atoms with E-state index in [4.69, 9.17) is 14.6 Å². The van der Waals surface area contributed by atoms with Gasteiger partial charge in [-0.2, -0.15) is 0 Å². The molecule has 0 aliphatic rings. The zero-order valence-corrected chi connectivity index (χ0v) is 6.66. The molecule has 0 aliphatic carbocycles. The van der Waals surface area contributed by atoms with Gasteiger partial charge in [0.05, 0.1) is 6.54 Å².